The number of carbonyl (C=O) groups excluding carboxylic acids is 6. The fourth-order valence-electron chi connectivity index (χ4n) is 5.75. The zero-order valence-electron chi connectivity index (χ0n) is 33.3. The first-order valence-electron chi connectivity index (χ1n) is 18.6. The zero-order chi connectivity index (χ0) is 40.4. The molecule has 0 unspecified atom stereocenters. The van der Waals surface area contributed by atoms with E-state index in [1.807, 2.05) is 19.1 Å². The number of nitrogens with one attached hydrogen (secondary N) is 4. The van der Waals surface area contributed by atoms with Crippen LogP contribution >= 0.6 is 0 Å². The van der Waals surface area contributed by atoms with Gasteiger partial charge in [-0.15, -0.1) is 0 Å². The number of alkyl carbamates (subject to hydrolysis) is 1. The fraction of sp³-hybridized carbons (Fsp3) is 0.512. The highest BCUT2D eigenvalue weighted by atomic mass is 16.6. The smallest absolute Gasteiger partial charge is 0.407 e. The molecule has 0 aliphatic rings. The molecular formula is C41H59N5O8. The van der Waals surface area contributed by atoms with Crippen LogP contribution < -0.4 is 26.0 Å². The van der Waals surface area contributed by atoms with Crippen molar-refractivity contribution in [3.05, 3.63) is 70.3 Å². The number of carbonyl (C=O) groups is 6. The van der Waals surface area contributed by atoms with E-state index in [0.29, 0.717) is 28.7 Å². The minimum absolute atomic E-state index is 0.114. The molecule has 13 heteroatoms. The molecule has 0 aliphatic carbocycles. The fourth-order valence-corrected chi connectivity index (χ4v) is 5.75. The Labute approximate surface area is 320 Å². The molecule has 0 radical (unpaired) electrons. The van der Waals surface area contributed by atoms with Gasteiger partial charge in [-0.1, -0.05) is 56.5 Å². The molecule has 296 valence electrons. The SMILES string of the molecule is C/C=C/c1cc([C@@H](C(=O)N[C@@H](C)C(=O)NC)N(C)C(=O)[C@H](CC=O)NC(=O)c2ccc(CCCCCC)cc2C)ccc1OCCNC(=O)OC(C)(C)C. The first kappa shape index (κ1) is 45.0. The van der Waals surface area contributed by atoms with E-state index in [1.165, 1.54) is 27.4 Å². The summed E-state index contributed by atoms with van der Waals surface area (Å²) in [5.74, 6) is -1.86. The molecule has 0 aliphatic heterocycles. The van der Waals surface area contributed by atoms with Gasteiger partial charge in [-0.2, -0.15) is 0 Å². The van der Waals surface area contributed by atoms with Crippen LogP contribution in [0.25, 0.3) is 6.08 Å². The van der Waals surface area contributed by atoms with Crippen LogP contribution in [0.5, 0.6) is 5.75 Å². The maximum Gasteiger partial charge on any atom is 0.407 e. The number of nitrogens with zero attached hydrogens (tertiary/aromatic N) is 1. The van der Waals surface area contributed by atoms with Crippen LogP contribution in [0, 0.1) is 6.92 Å². The average molecular weight is 750 g/mol. The lowest BCUT2D eigenvalue weighted by Crippen LogP contribution is -2.53. The maximum atomic E-state index is 14.1. The van der Waals surface area contributed by atoms with Gasteiger partial charge in [-0.05, 0) is 89.3 Å². The predicted molar refractivity (Wildman–Crippen MR) is 209 cm³/mol. The quantitative estimate of drug-likeness (QED) is 0.106. The number of allylic oxidation sites excluding steroid dienone is 1. The molecule has 2 rings (SSSR count). The van der Waals surface area contributed by atoms with Crippen molar-refractivity contribution in [2.24, 2.45) is 0 Å². The molecule has 0 heterocycles. The Morgan fingerprint density at radius 2 is 1.69 bits per heavy atom. The van der Waals surface area contributed by atoms with Gasteiger partial charge in [-0.25, -0.2) is 4.79 Å². The van der Waals surface area contributed by atoms with Crippen LogP contribution in [-0.4, -0.2) is 85.8 Å². The molecule has 13 nitrogen and oxygen atoms in total. The maximum absolute atomic E-state index is 14.1. The minimum Gasteiger partial charge on any atom is -0.491 e. The van der Waals surface area contributed by atoms with Crippen molar-refractivity contribution in [3.8, 4) is 5.75 Å². The first-order valence-corrected chi connectivity index (χ1v) is 18.6. The second kappa shape index (κ2) is 22.1. The van der Waals surface area contributed by atoms with Gasteiger partial charge >= 0.3 is 6.09 Å². The van der Waals surface area contributed by atoms with E-state index in [4.69, 9.17) is 9.47 Å². The number of unbranched alkanes of at least 4 members (excludes halogenated alkanes) is 3. The third kappa shape index (κ3) is 14.3. The molecule has 0 saturated carbocycles. The summed E-state index contributed by atoms with van der Waals surface area (Å²) in [6.45, 7) is 12.9. The largest absolute Gasteiger partial charge is 0.491 e. The van der Waals surface area contributed by atoms with Crippen LogP contribution in [0.2, 0.25) is 0 Å². The van der Waals surface area contributed by atoms with Crippen LogP contribution in [0.3, 0.4) is 0 Å². The highest BCUT2D eigenvalue weighted by Gasteiger charge is 2.35. The summed E-state index contributed by atoms with van der Waals surface area (Å²) in [7, 11) is 2.85. The summed E-state index contributed by atoms with van der Waals surface area (Å²) in [5, 5.41) is 10.5. The average Bonchev–Trinajstić information content (AvgIpc) is 3.11. The Morgan fingerprint density at radius 3 is 2.30 bits per heavy atom. The monoisotopic (exact) mass is 749 g/mol. The Morgan fingerprint density at radius 1 is 0.963 bits per heavy atom. The number of aldehydes is 1. The summed E-state index contributed by atoms with van der Waals surface area (Å²) in [6, 6.07) is 7.02. The Balaban J connectivity index is 2.39. The van der Waals surface area contributed by atoms with E-state index in [0.717, 1.165) is 41.7 Å². The van der Waals surface area contributed by atoms with Crippen molar-refractivity contribution in [2.75, 3.05) is 27.2 Å². The number of likely N-dealkylation sites (N-methyl/N-ethyl adjacent to an activating group) is 2. The van der Waals surface area contributed by atoms with Gasteiger partial charge in [0.1, 0.15) is 42.4 Å². The highest BCUT2D eigenvalue weighted by Crippen LogP contribution is 2.29. The van der Waals surface area contributed by atoms with Gasteiger partial charge < -0.3 is 40.4 Å². The second-order valence-corrected chi connectivity index (χ2v) is 14.2. The van der Waals surface area contributed by atoms with E-state index >= 15 is 0 Å². The number of amides is 5. The van der Waals surface area contributed by atoms with Crippen molar-refractivity contribution in [3.63, 3.8) is 0 Å². The number of benzene rings is 2. The highest BCUT2D eigenvalue weighted by molar-refractivity contribution is 6.00. The molecule has 0 bridgehead atoms. The molecule has 4 N–H and O–H groups in total. The standard InChI is InChI=1S/C41H59N5O8/c1-10-12-13-14-16-29-17-19-32(27(3)25-29)37(49)45-33(21-23-47)39(51)46(9)35(38(50)44-28(4)36(48)42-8)31-18-20-34(30(26-31)15-11-2)53-24-22-43-40(52)54-41(5,6)7/h11,15,17-20,23,25-26,28,33,35H,10,12-14,16,21-22,24H2,1-9H3,(H,42,48)(H,43,52)(H,44,50)(H,45,49)/b15-11+/t28-,33-,35-/m0/s1. The Hall–Kier alpha value is -5.20. The van der Waals surface area contributed by atoms with E-state index in [1.54, 1.807) is 64.1 Å². The molecule has 0 aromatic heterocycles. The van der Waals surface area contributed by atoms with Crippen molar-refractivity contribution in [1.29, 1.82) is 0 Å². The van der Waals surface area contributed by atoms with Crippen LogP contribution in [0.1, 0.15) is 112 Å². The third-order valence-corrected chi connectivity index (χ3v) is 8.50. The number of hydrogen-bond donors (Lipinski definition) is 4. The molecular weight excluding hydrogens is 690 g/mol. The molecule has 5 amide bonds. The Kier molecular flexibility index (Phi) is 18.4. The summed E-state index contributed by atoms with van der Waals surface area (Å²) in [6.07, 6.45) is 8.57. The van der Waals surface area contributed by atoms with Crippen molar-refractivity contribution < 1.29 is 38.2 Å². The van der Waals surface area contributed by atoms with Gasteiger partial charge in [0.05, 0.1) is 6.54 Å². The molecule has 0 saturated heterocycles. The Bertz CT molecular complexity index is 1630. The number of ether oxygens (including phenoxy) is 2. The van der Waals surface area contributed by atoms with Gasteiger partial charge in [-0.3, -0.25) is 19.2 Å². The van der Waals surface area contributed by atoms with Gasteiger partial charge in [0, 0.05) is 31.6 Å². The summed E-state index contributed by atoms with van der Waals surface area (Å²) in [4.78, 5) is 78.9. The molecule has 0 fully saturated rings. The molecule has 54 heavy (non-hydrogen) atoms. The van der Waals surface area contributed by atoms with Crippen molar-refractivity contribution in [1.82, 2.24) is 26.2 Å². The van der Waals surface area contributed by atoms with Gasteiger partial charge in [0.25, 0.3) is 5.91 Å². The number of rotatable bonds is 20. The molecule has 3 atom stereocenters. The number of aryl methyl sites for hydroxylation is 2. The second-order valence-electron chi connectivity index (χ2n) is 14.2. The molecule has 0 spiro atoms. The van der Waals surface area contributed by atoms with E-state index in [9.17, 15) is 28.8 Å². The van der Waals surface area contributed by atoms with Crippen LogP contribution in [-0.2, 0) is 30.3 Å². The lowest BCUT2D eigenvalue weighted by Gasteiger charge is -2.32. The van der Waals surface area contributed by atoms with E-state index in [-0.39, 0.29) is 19.6 Å². The summed E-state index contributed by atoms with van der Waals surface area (Å²) in [5.41, 5.74) is 2.54. The summed E-state index contributed by atoms with van der Waals surface area (Å²) >= 11 is 0. The van der Waals surface area contributed by atoms with E-state index in [2.05, 4.69) is 28.2 Å². The van der Waals surface area contributed by atoms with Gasteiger partial charge in [0.2, 0.25) is 17.7 Å². The van der Waals surface area contributed by atoms with Crippen LogP contribution in [0.15, 0.2) is 42.5 Å². The van der Waals surface area contributed by atoms with E-state index < -0.39 is 53.4 Å². The zero-order valence-corrected chi connectivity index (χ0v) is 33.3. The summed E-state index contributed by atoms with van der Waals surface area (Å²) < 4.78 is 11.2. The topological polar surface area (TPSA) is 172 Å². The molecule has 2 aromatic carbocycles. The third-order valence-electron chi connectivity index (χ3n) is 8.50. The van der Waals surface area contributed by atoms with Gasteiger partial charge in [0.15, 0.2) is 0 Å². The van der Waals surface area contributed by atoms with Crippen molar-refractivity contribution in [2.45, 2.75) is 111 Å². The normalized spacial score (nSPS) is 12.9. The predicted octanol–water partition coefficient (Wildman–Crippen LogP) is 5.19. The molecule has 2 aromatic rings. The van der Waals surface area contributed by atoms with Crippen molar-refractivity contribution >= 4 is 42.1 Å². The lowest BCUT2D eigenvalue weighted by molar-refractivity contribution is -0.141. The number of hydrogen-bond acceptors (Lipinski definition) is 8. The minimum atomic E-state index is -1.28. The first-order chi connectivity index (χ1) is 25.6. The lowest BCUT2D eigenvalue weighted by atomic mass is 9.99. The van der Waals surface area contributed by atoms with Crippen LogP contribution in [0.4, 0.5) is 4.79 Å².